The number of carbonyl (C=O) groups is 1. The van der Waals surface area contributed by atoms with Gasteiger partial charge in [-0.05, 0) is 12.8 Å². The highest BCUT2D eigenvalue weighted by Crippen LogP contribution is 2.13. The molecule has 0 saturated heterocycles. The molecule has 0 atom stereocenters. The Morgan fingerprint density at radius 2 is 2.24 bits per heavy atom. The molecule has 1 N–H and O–H groups in total. The average Bonchev–Trinajstić information content (AvgIpc) is 2.77. The molecule has 2 aromatic heterocycles. The molecular weight excluding hydrogens is 238 g/mol. The Balaban J connectivity index is 1.97. The molecule has 92 valence electrons. The maximum Gasteiger partial charge on any atom is 0.234 e. The van der Waals surface area contributed by atoms with Crippen molar-refractivity contribution in [3.05, 3.63) is 10.8 Å². The highest BCUT2D eigenvalue weighted by atomic mass is 32.1. The van der Waals surface area contributed by atoms with Crippen molar-refractivity contribution in [3.8, 4) is 0 Å². The fraction of sp³-hybridized carbons (Fsp3) is 0.600. The highest BCUT2D eigenvalue weighted by molar-refractivity contribution is 7.16. The lowest BCUT2D eigenvalue weighted by molar-refractivity contribution is -0.121. The van der Waals surface area contributed by atoms with Crippen LogP contribution in [0.5, 0.6) is 0 Å². The number of aromatic nitrogens is 4. The van der Waals surface area contributed by atoms with Crippen molar-refractivity contribution >= 4 is 22.2 Å². The number of rotatable bonds is 4. The van der Waals surface area contributed by atoms with E-state index in [-0.39, 0.29) is 5.91 Å². The molecule has 2 rings (SSSR count). The standard InChI is InChI=1S/C10H15N5OS/c1-6(2)4-8(16)11-5-9-14-15-7(3)12-13-10(15)17-9/h6H,4-5H2,1-3H3,(H,11,16). The minimum absolute atomic E-state index is 0.0580. The van der Waals surface area contributed by atoms with Gasteiger partial charge in [0.2, 0.25) is 10.9 Å². The van der Waals surface area contributed by atoms with Crippen molar-refractivity contribution in [2.75, 3.05) is 0 Å². The molecule has 0 spiro atoms. The Morgan fingerprint density at radius 1 is 1.47 bits per heavy atom. The van der Waals surface area contributed by atoms with Gasteiger partial charge >= 0.3 is 0 Å². The molecule has 7 heteroatoms. The molecule has 0 aromatic carbocycles. The van der Waals surface area contributed by atoms with Crippen molar-refractivity contribution < 1.29 is 4.79 Å². The Hall–Kier alpha value is -1.50. The molecule has 0 radical (unpaired) electrons. The molecule has 0 bridgehead atoms. The number of hydrogen-bond donors (Lipinski definition) is 1. The number of nitrogens with one attached hydrogen (secondary N) is 1. The third kappa shape index (κ3) is 2.79. The smallest absolute Gasteiger partial charge is 0.234 e. The van der Waals surface area contributed by atoms with Gasteiger partial charge in [0.15, 0.2) is 5.82 Å². The SMILES string of the molecule is Cc1nnc2sc(CNC(=O)CC(C)C)nn12. The lowest BCUT2D eigenvalue weighted by Crippen LogP contribution is -2.23. The van der Waals surface area contributed by atoms with Crippen molar-refractivity contribution in [3.63, 3.8) is 0 Å². The Labute approximate surface area is 103 Å². The normalized spacial score (nSPS) is 11.3. The van der Waals surface area contributed by atoms with E-state index in [0.717, 1.165) is 15.8 Å². The molecule has 0 aliphatic carbocycles. The van der Waals surface area contributed by atoms with Gasteiger partial charge < -0.3 is 5.32 Å². The van der Waals surface area contributed by atoms with Crippen LogP contribution < -0.4 is 5.32 Å². The van der Waals surface area contributed by atoms with Crippen LogP contribution in [0.3, 0.4) is 0 Å². The van der Waals surface area contributed by atoms with Crippen LogP contribution in [0, 0.1) is 12.8 Å². The summed E-state index contributed by atoms with van der Waals surface area (Å²) in [5.41, 5.74) is 0. The van der Waals surface area contributed by atoms with Crippen LogP contribution in [0.2, 0.25) is 0 Å². The zero-order valence-corrected chi connectivity index (χ0v) is 10.9. The molecule has 0 unspecified atom stereocenters. The van der Waals surface area contributed by atoms with Crippen molar-refractivity contribution in [2.45, 2.75) is 33.7 Å². The molecule has 0 aliphatic rings. The van der Waals surface area contributed by atoms with E-state index in [9.17, 15) is 4.79 Å². The lowest BCUT2D eigenvalue weighted by Gasteiger charge is -2.04. The molecule has 0 fully saturated rings. The van der Waals surface area contributed by atoms with Gasteiger partial charge in [-0.25, -0.2) is 0 Å². The van der Waals surface area contributed by atoms with Gasteiger partial charge in [0.25, 0.3) is 0 Å². The van der Waals surface area contributed by atoms with Crippen LogP contribution in [0.15, 0.2) is 0 Å². The third-order valence-electron chi connectivity index (χ3n) is 2.22. The van der Waals surface area contributed by atoms with Crippen molar-refractivity contribution in [1.29, 1.82) is 0 Å². The van der Waals surface area contributed by atoms with E-state index in [1.807, 2.05) is 20.8 Å². The molecule has 6 nitrogen and oxygen atoms in total. The summed E-state index contributed by atoms with van der Waals surface area (Å²) in [5.74, 6) is 1.19. The number of hydrogen-bond acceptors (Lipinski definition) is 5. The highest BCUT2D eigenvalue weighted by Gasteiger charge is 2.10. The quantitative estimate of drug-likeness (QED) is 0.887. The van der Waals surface area contributed by atoms with E-state index in [0.29, 0.717) is 18.9 Å². The van der Waals surface area contributed by atoms with Crippen LogP contribution in [-0.4, -0.2) is 25.7 Å². The second kappa shape index (κ2) is 4.79. The van der Waals surface area contributed by atoms with E-state index < -0.39 is 0 Å². The molecule has 0 aliphatic heterocycles. The van der Waals surface area contributed by atoms with Gasteiger partial charge in [0, 0.05) is 6.42 Å². The van der Waals surface area contributed by atoms with E-state index in [1.165, 1.54) is 11.3 Å². The first-order valence-electron chi connectivity index (χ1n) is 5.50. The summed E-state index contributed by atoms with van der Waals surface area (Å²) in [6.45, 7) is 6.35. The fourth-order valence-corrected chi connectivity index (χ4v) is 2.26. The summed E-state index contributed by atoms with van der Waals surface area (Å²) in [6, 6.07) is 0. The largest absolute Gasteiger partial charge is 0.350 e. The van der Waals surface area contributed by atoms with Gasteiger partial charge in [-0.2, -0.15) is 9.61 Å². The Bertz CT molecular complexity index is 530. The summed E-state index contributed by atoms with van der Waals surface area (Å²) in [5, 5.41) is 15.9. The summed E-state index contributed by atoms with van der Waals surface area (Å²) in [4.78, 5) is 12.2. The number of carbonyl (C=O) groups excluding carboxylic acids is 1. The third-order valence-corrected chi connectivity index (χ3v) is 3.12. The van der Waals surface area contributed by atoms with Gasteiger partial charge in [0.05, 0.1) is 6.54 Å². The van der Waals surface area contributed by atoms with Crippen LogP contribution in [0.1, 0.15) is 31.1 Å². The van der Waals surface area contributed by atoms with Gasteiger partial charge in [-0.3, -0.25) is 4.79 Å². The molecule has 2 aromatic rings. The second-order valence-electron chi connectivity index (χ2n) is 4.31. The lowest BCUT2D eigenvalue weighted by atomic mass is 10.1. The first kappa shape index (κ1) is 12.0. The molecule has 2 heterocycles. The van der Waals surface area contributed by atoms with E-state index in [2.05, 4.69) is 20.6 Å². The van der Waals surface area contributed by atoms with E-state index in [1.54, 1.807) is 4.52 Å². The van der Waals surface area contributed by atoms with Crippen LogP contribution in [-0.2, 0) is 11.3 Å². The predicted molar refractivity (Wildman–Crippen MR) is 64.7 cm³/mol. The topological polar surface area (TPSA) is 72.2 Å². The zero-order chi connectivity index (χ0) is 12.4. The first-order chi connectivity index (χ1) is 8.06. The Kier molecular flexibility index (Phi) is 3.37. The zero-order valence-electron chi connectivity index (χ0n) is 10.1. The maximum absolute atomic E-state index is 11.5. The molecule has 1 amide bonds. The van der Waals surface area contributed by atoms with Crippen LogP contribution in [0.4, 0.5) is 0 Å². The minimum atomic E-state index is 0.0580. The summed E-state index contributed by atoms with van der Waals surface area (Å²) < 4.78 is 1.69. The molecule has 0 saturated carbocycles. The number of fused-ring (bicyclic) bond motifs is 1. The monoisotopic (exact) mass is 253 g/mol. The molecule has 17 heavy (non-hydrogen) atoms. The van der Waals surface area contributed by atoms with E-state index >= 15 is 0 Å². The number of nitrogens with zero attached hydrogens (tertiary/aromatic N) is 4. The van der Waals surface area contributed by atoms with Gasteiger partial charge in [-0.15, -0.1) is 10.2 Å². The molecular formula is C10H15N5OS. The predicted octanol–water partition coefficient (Wildman–Crippen LogP) is 1.16. The second-order valence-corrected chi connectivity index (χ2v) is 5.35. The summed E-state index contributed by atoms with van der Waals surface area (Å²) >= 11 is 1.44. The average molecular weight is 253 g/mol. The van der Waals surface area contributed by atoms with Crippen LogP contribution >= 0.6 is 11.3 Å². The maximum atomic E-state index is 11.5. The van der Waals surface area contributed by atoms with Crippen LogP contribution in [0.25, 0.3) is 4.96 Å². The van der Waals surface area contributed by atoms with Gasteiger partial charge in [0.1, 0.15) is 5.01 Å². The minimum Gasteiger partial charge on any atom is -0.350 e. The number of aryl methyl sites for hydroxylation is 1. The van der Waals surface area contributed by atoms with E-state index in [4.69, 9.17) is 0 Å². The summed E-state index contributed by atoms with van der Waals surface area (Å²) in [7, 11) is 0. The number of amides is 1. The Morgan fingerprint density at radius 3 is 2.88 bits per heavy atom. The first-order valence-corrected chi connectivity index (χ1v) is 6.32. The van der Waals surface area contributed by atoms with Crippen molar-refractivity contribution in [1.82, 2.24) is 25.1 Å². The summed E-state index contributed by atoms with van der Waals surface area (Å²) in [6.07, 6.45) is 0.545. The van der Waals surface area contributed by atoms with Crippen molar-refractivity contribution in [2.24, 2.45) is 5.92 Å². The fourth-order valence-electron chi connectivity index (χ4n) is 1.44. The van der Waals surface area contributed by atoms with Gasteiger partial charge in [-0.1, -0.05) is 25.2 Å².